The first kappa shape index (κ1) is 35.3. The third-order valence-electron chi connectivity index (χ3n) is 13.1. The number of hydrogen-bond donors (Lipinski definition) is 0. The molecule has 61 heavy (non-hydrogen) atoms. The molecule has 0 saturated heterocycles. The summed E-state index contributed by atoms with van der Waals surface area (Å²) >= 11 is 0. The average Bonchev–Trinajstić information content (AvgIpc) is 3.56. The van der Waals surface area contributed by atoms with Gasteiger partial charge in [-0.1, -0.05) is 159 Å². The Labute approximate surface area is 356 Å². The molecule has 11 aromatic carbocycles. The van der Waals surface area contributed by atoms with Crippen LogP contribution in [0.5, 0.6) is 0 Å². The number of fused-ring (bicyclic) bond motifs is 6. The van der Waals surface area contributed by atoms with Gasteiger partial charge in [0.25, 0.3) is 0 Å². The maximum absolute atomic E-state index is 2.45. The Hall–Kier alpha value is -7.68. The summed E-state index contributed by atoms with van der Waals surface area (Å²) in [5.74, 6) is 0. The fourth-order valence-corrected chi connectivity index (χ4v) is 10.4. The van der Waals surface area contributed by atoms with E-state index in [0.717, 1.165) is 34.1 Å². The van der Waals surface area contributed by atoms with Crippen molar-refractivity contribution in [2.75, 3.05) is 9.80 Å². The molecule has 0 atom stereocenters. The summed E-state index contributed by atoms with van der Waals surface area (Å²) in [6, 6.07) is 80.0. The molecule has 0 N–H and O–H groups in total. The van der Waals surface area contributed by atoms with Crippen molar-refractivity contribution in [1.29, 1.82) is 0 Å². The zero-order valence-corrected chi connectivity index (χ0v) is 34.2. The molecule has 0 bridgehead atoms. The van der Waals surface area contributed by atoms with Crippen LogP contribution in [0.4, 0.5) is 34.1 Å². The van der Waals surface area contributed by atoms with Gasteiger partial charge in [-0.25, -0.2) is 0 Å². The molecule has 0 saturated carbocycles. The maximum atomic E-state index is 2.45. The molecule has 0 unspecified atom stereocenters. The first-order valence-electron chi connectivity index (χ1n) is 21.3. The quantitative estimate of drug-likeness (QED) is 0.149. The van der Waals surface area contributed by atoms with Crippen LogP contribution < -0.4 is 9.80 Å². The Bertz CT molecular complexity index is 3380. The monoisotopic (exact) mass is 778 g/mol. The van der Waals surface area contributed by atoms with Crippen molar-refractivity contribution in [3.63, 3.8) is 0 Å². The third-order valence-corrected chi connectivity index (χ3v) is 13.1. The standard InChI is InChI=1S/C59H42N2/c1-59(2)53-38-46(60(42-20-6-3-7-21-42)43-22-8-4-9-23-43)35-36-49(53)57-50-28-14-19-41-37-52(48-27-16-29-51(58(57)59)56(48)55(41)50)40-31-33-45(34-32-40)61(44-24-10-5-11-25-44)54-30-15-18-39-17-12-13-26-47(39)54/h3-38H,1-2H3. The lowest BCUT2D eigenvalue weighted by Crippen LogP contribution is -2.17. The minimum absolute atomic E-state index is 0.242. The highest BCUT2D eigenvalue weighted by Gasteiger charge is 2.39. The summed E-state index contributed by atoms with van der Waals surface area (Å²) in [7, 11) is 0. The van der Waals surface area contributed by atoms with E-state index in [1.807, 2.05) is 0 Å². The zero-order valence-electron chi connectivity index (χ0n) is 34.2. The van der Waals surface area contributed by atoms with Crippen molar-refractivity contribution < 1.29 is 0 Å². The largest absolute Gasteiger partial charge is 0.310 e. The Balaban J connectivity index is 1.02. The van der Waals surface area contributed by atoms with E-state index in [9.17, 15) is 0 Å². The topological polar surface area (TPSA) is 6.48 Å². The van der Waals surface area contributed by atoms with Crippen molar-refractivity contribution >= 4 is 77.2 Å². The lowest BCUT2D eigenvalue weighted by Gasteiger charge is -2.28. The first-order valence-corrected chi connectivity index (χ1v) is 21.3. The fraction of sp³-hybridized carbons (Fsp3) is 0.0508. The number of hydrogen-bond acceptors (Lipinski definition) is 2. The molecule has 2 nitrogen and oxygen atoms in total. The van der Waals surface area contributed by atoms with Gasteiger partial charge in [-0.2, -0.15) is 0 Å². The molecule has 0 aliphatic heterocycles. The number of para-hydroxylation sites is 3. The SMILES string of the molecule is CC1(C)c2cc(N(c3ccccc3)c3ccccc3)ccc2-c2c1c1cccc3c(-c4ccc(N(c5ccccc5)c5cccc6ccccc56)cc4)cc4cccc2c4c31. The first-order chi connectivity index (χ1) is 30.0. The van der Waals surface area contributed by atoms with E-state index in [4.69, 9.17) is 0 Å². The molecule has 1 aliphatic carbocycles. The van der Waals surface area contributed by atoms with E-state index in [1.165, 1.54) is 76.5 Å². The van der Waals surface area contributed by atoms with E-state index in [1.54, 1.807) is 0 Å². The van der Waals surface area contributed by atoms with Gasteiger partial charge in [-0.15, -0.1) is 0 Å². The summed E-state index contributed by atoms with van der Waals surface area (Å²) in [6.45, 7) is 4.85. The number of rotatable bonds is 7. The summed E-state index contributed by atoms with van der Waals surface area (Å²) in [6.07, 6.45) is 0. The molecule has 0 fully saturated rings. The molecule has 0 radical (unpaired) electrons. The van der Waals surface area contributed by atoms with Gasteiger partial charge >= 0.3 is 0 Å². The van der Waals surface area contributed by atoms with Gasteiger partial charge < -0.3 is 9.80 Å². The predicted molar refractivity (Wildman–Crippen MR) is 260 cm³/mol. The van der Waals surface area contributed by atoms with Crippen LogP contribution >= 0.6 is 0 Å². The highest BCUT2D eigenvalue weighted by Crippen LogP contribution is 2.57. The molecule has 0 spiro atoms. The van der Waals surface area contributed by atoms with Gasteiger partial charge in [0.15, 0.2) is 0 Å². The van der Waals surface area contributed by atoms with E-state index in [2.05, 4.69) is 242 Å². The van der Waals surface area contributed by atoms with Crippen molar-refractivity contribution in [3.05, 3.63) is 230 Å². The van der Waals surface area contributed by atoms with Crippen LogP contribution in [0.15, 0.2) is 218 Å². The third kappa shape index (κ3) is 5.42. The Morgan fingerprint density at radius 3 is 1.59 bits per heavy atom. The summed E-state index contributed by atoms with van der Waals surface area (Å²) in [5, 5.41) is 10.4. The van der Waals surface area contributed by atoms with Crippen LogP contribution in [0, 0.1) is 0 Å². The van der Waals surface area contributed by atoms with E-state index >= 15 is 0 Å². The van der Waals surface area contributed by atoms with Crippen LogP contribution in [0.2, 0.25) is 0 Å². The Kier molecular flexibility index (Phi) is 7.92. The van der Waals surface area contributed by atoms with Crippen LogP contribution in [0.25, 0.3) is 65.3 Å². The zero-order chi connectivity index (χ0) is 40.7. The number of nitrogens with zero attached hydrogens (tertiary/aromatic N) is 2. The lowest BCUT2D eigenvalue weighted by molar-refractivity contribution is 0.666. The van der Waals surface area contributed by atoms with Gasteiger partial charge in [-0.3, -0.25) is 0 Å². The van der Waals surface area contributed by atoms with E-state index in [0.29, 0.717) is 0 Å². The molecule has 2 heteroatoms. The van der Waals surface area contributed by atoms with Crippen LogP contribution in [0.1, 0.15) is 25.0 Å². The summed E-state index contributed by atoms with van der Waals surface area (Å²) in [5.41, 5.74) is 14.6. The molecule has 12 rings (SSSR count). The summed E-state index contributed by atoms with van der Waals surface area (Å²) < 4.78 is 0. The maximum Gasteiger partial charge on any atom is 0.0540 e. The number of benzene rings is 11. The van der Waals surface area contributed by atoms with Crippen molar-refractivity contribution in [2.45, 2.75) is 19.3 Å². The highest BCUT2D eigenvalue weighted by molar-refractivity contribution is 6.31. The second kappa shape index (κ2) is 13.7. The molecule has 11 aromatic rings. The van der Waals surface area contributed by atoms with Gasteiger partial charge in [-0.05, 0) is 144 Å². The van der Waals surface area contributed by atoms with Gasteiger partial charge in [0.1, 0.15) is 0 Å². The normalized spacial score (nSPS) is 12.9. The smallest absolute Gasteiger partial charge is 0.0540 e. The molecular formula is C59H42N2. The molecule has 0 aromatic heterocycles. The number of anilines is 6. The second-order valence-corrected chi connectivity index (χ2v) is 16.9. The van der Waals surface area contributed by atoms with Crippen LogP contribution in [-0.2, 0) is 5.41 Å². The van der Waals surface area contributed by atoms with Gasteiger partial charge in [0.2, 0.25) is 0 Å². The van der Waals surface area contributed by atoms with Gasteiger partial charge in [0.05, 0.1) is 5.69 Å². The van der Waals surface area contributed by atoms with Gasteiger partial charge in [0, 0.05) is 39.2 Å². The highest BCUT2D eigenvalue weighted by atomic mass is 15.1. The molecule has 0 heterocycles. The Morgan fingerprint density at radius 1 is 0.344 bits per heavy atom. The van der Waals surface area contributed by atoms with Crippen molar-refractivity contribution in [3.8, 4) is 22.3 Å². The van der Waals surface area contributed by atoms with Crippen molar-refractivity contribution in [2.24, 2.45) is 0 Å². The molecule has 1 aliphatic rings. The van der Waals surface area contributed by atoms with E-state index in [-0.39, 0.29) is 5.41 Å². The summed E-state index contributed by atoms with van der Waals surface area (Å²) in [4.78, 5) is 4.76. The predicted octanol–water partition coefficient (Wildman–Crippen LogP) is 16.7. The lowest BCUT2D eigenvalue weighted by atomic mass is 9.77. The molecule has 288 valence electrons. The van der Waals surface area contributed by atoms with Crippen LogP contribution in [0.3, 0.4) is 0 Å². The molecule has 0 amide bonds. The average molecular weight is 779 g/mol. The molecular weight excluding hydrogens is 737 g/mol. The fourth-order valence-electron chi connectivity index (χ4n) is 10.4. The van der Waals surface area contributed by atoms with E-state index < -0.39 is 0 Å². The minimum atomic E-state index is -0.242. The van der Waals surface area contributed by atoms with Crippen LogP contribution in [-0.4, -0.2) is 0 Å². The minimum Gasteiger partial charge on any atom is -0.310 e. The Morgan fingerprint density at radius 2 is 0.869 bits per heavy atom. The second-order valence-electron chi connectivity index (χ2n) is 16.9. The van der Waals surface area contributed by atoms with Crippen molar-refractivity contribution in [1.82, 2.24) is 0 Å².